The smallest absolute Gasteiger partial charge is 0.328 e. The third-order valence-corrected chi connectivity index (χ3v) is 8.66. The molecule has 0 spiro atoms. The van der Waals surface area contributed by atoms with Crippen LogP contribution in [0, 0.1) is 11.2 Å². The van der Waals surface area contributed by atoms with E-state index in [4.69, 9.17) is 4.74 Å². The van der Waals surface area contributed by atoms with Gasteiger partial charge in [0, 0.05) is 49.0 Å². The number of hydrogen-bond acceptors (Lipinski definition) is 6. The van der Waals surface area contributed by atoms with Crippen LogP contribution in [0.1, 0.15) is 43.4 Å². The quantitative estimate of drug-likeness (QED) is 0.496. The molecule has 210 valence electrons. The van der Waals surface area contributed by atoms with E-state index in [2.05, 4.69) is 15.2 Å². The maximum absolute atomic E-state index is 16.1. The van der Waals surface area contributed by atoms with Crippen molar-refractivity contribution >= 4 is 28.5 Å². The van der Waals surface area contributed by atoms with Crippen molar-refractivity contribution in [1.29, 1.82) is 0 Å². The number of pyridine rings is 1. The Morgan fingerprint density at radius 3 is 2.50 bits per heavy atom. The van der Waals surface area contributed by atoms with E-state index in [1.165, 1.54) is 11.1 Å². The number of aliphatic hydroxyl groups is 1. The van der Waals surface area contributed by atoms with E-state index in [0.29, 0.717) is 42.8 Å². The third kappa shape index (κ3) is 4.44. The summed E-state index contributed by atoms with van der Waals surface area (Å²) in [7, 11) is 0. The number of nitrogens with one attached hydrogen (secondary N) is 1. The first-order chi connectivity index (χ1) is 19.0. The molecule has 6 rings (SSSR count). The average Bonchev–Trinajstić information content (AvgIpc) is 2.90. The van der Waals surface area contributed by atoms with Crippen LogP contribution in [0.2, 0.25) is 0 Å². The summed E-state index contributed by atoms with van der Waals surface area (Å²) in [4.78, 5) is 31.8. The van der Waals surface area contributed by atoms with Crippen molar-refractivity contribution in [1.82, 2.24) is 15.2 Å². The number of aromatic nitrogens is 1. The second-order valence-electron chi connectivity index (χ2n) is 11.8. The first kappa shape index (κ1) is 26.7. The number of hydrogen-bond donors (Lipinski definition) is 2. The summed E-state index contributed by atoms with van der Waals surface area (Å²) in [6, 6.07) is 11.7. The lowest BCUT2D eigenvalue weighted by Crippen LogP contribution is -2.55. The van der Waals surface area contributed by atoms with Crippen molar-refractivity contribution in [3.8, 4) is 0 Å². The van der Waals surface area contributed by atoms with Gasteiger partial charge in [-0.05, 0) is 29.7 Å². The highest BCUT2D eigenvalue weighted by atomic mass is 19.1. The van der Waals surface area contributed by atoms with Crippen LogP contribution in [0.3, 0.4) is 0 Å². The zero-order chi connectivity index (χ0) is 28.3. The lowest BCUT2D eigenvalue weighted by atomic mass is 9.66. The van der Waals surface area contributed by atoms with Gasteiger partial charge in [0.25, 0.3) is 0 Å². The molecular formula is C30H32F2N4O4. The minimum atomic E-state index is -1.44. The molecule has 3 saturated heterocycles. The van der Waals surface area contributed by atoms with E-state index in [1.807, 2.05) is 26.0 Å². The van der Waals surface area contributed by atoms with Crippen LogP contribution in [0.4, 0.5) is 19.3 Å². The van der Waals surface area contributed by atoms with Gasteiger partial charge in [0.05, 0.1) is 36.2 Å². The highest BCUT2D eigenvalue weighted by Crippen LogP contribution is 2.48. The normalized spacial score (nSPS) is 24.6. The minimum Gasteiger partial charge on any atom is -0.384 e. The molecule has 40 heavy (non-hydrogen) atoms. The van der Waals surface area contributed by atoms with E-state index in [9.17, 15) is 19.1 Å². The third-order valence-electron chi connectivity index (χ3n) is 8.66. The van der Waals surface area contributed by atoms with E-state index in [0.717, 1.165) is 5.56 Å². The molecule has 1 aromatic heterocycles. The predicted octanol–water partition coefficient (Wildman–Crippen LogP) is 4.13. The van der Waals surface area contributed by atoms with Gasteiger partial charge in [-0.1, -0.05) is 44.2 Å². The van der Waals surface area contributed by atoms with Crippen molar-refractivity contribution in [2.45, 2.75) is 44.5 Å². The minimum absolute atomic E-state index is 0.0859. The number of benzene rings is 2. The van der Waals surface area contributed by atoms with Crippen LogP contribution >= 0.6 is 0 Å². The van der Waals surface area contributed by atoms with Crippen LogP contribution in [-0.2, 0) is 27.3 Å². The topological polar surface area (TPSA) is 95.0 Å². The molecule has 0 saturated carbocycles. The molecule has 3 aromatic rings. The van der Waals surface area contributed by atoms with E-state index >= 15 is 4.39 Å². The number of piperidine rings is 1. The zero-order valence-corrected chi connectivity index (χ0v) is 22.5. The number of ether oxygens (including phenoxy) is 1. The van der Waals surface area contributed by atoms with Gasteiger partial charge >= 0.3 is 6.03 Å². The summed E-state index contributed by atoms with van der Waals surface area (Å²) < 4.78 is 35.8. The number of halogens is 2. The second kappa shape index (κ2) is 9.57. The van der Waals surface area contributed by atoms with Crippen LogP contribution in [0.15, 0.2) is 48.7 Å². The molecule has 8 nitrogen and oxygen atoms in total. The van der Waals surface area contributed by atoms with Crippen molar-refractivity contribution < 1.29 is 28.2 Å². The summed E-state index contributed by atoms with van der Waals surface area (Å²) in [5.74, 6) is -0.923. The van der Waals surface area contributed by atoms with Gasteiger partial charge in [-0.15, -0.1) is 0 Å². The maximum atomic E-state index is 16.1. The number of carbonyl (C=O) groups excluding carboxylic acids is 2. The Labute approximate surface area is 230 Å². The Hall–Kier alpha value is -3.47. The first-order valence-electron chi connectivity index (χ1n) is 13.5. The zero-order valence-electron chi connectivity index (χ0n) is 22.5. The number of rotatable bonds is 5. The fourth-order valence-electron chi connectivity index (χ4n) is 6.11. The molecule has 0 bridgehead atoms. The largest absolute Gasteiger partial charge is 0.384 e. The van der Waals surface area contributed by atoms with Crippen LogP contribution in [-0.4, -0.2) is 59.8 Å². The molecule has 3 amide bonds. The van der Waals surface area contributed by atoms with Gasteiger partial charge < -0.3 is 9.84 Å². The molecule has 3 aliphatic heterocycles. The van der Waals surface area contributed by atoms with E-state index < -0.39 is 28.5 Å². The highest BCUT2D eigenvalue weighted by Gasteiger charge is 2.50. The average molecular weight is 551 g/mol. The van der Waals surface area contributed by atoms with Crippen molar-refractivity contribution in [2.75, 3.05) is 37.7 Å². The number of carbonyl (C=O) groups is 2. The van der Waals surface area contributed by atoms with Crippen molar-refractivity contribution in [3.05, 3.63) is 71.2 Å². The number of imide groups is 1. The molecule has 0 radical (unpaired) electrons. The molecule has 10 heteroatoms. The highest BCUT2D eigenvalue weighted by molar-refractivity contribution is 6.06. The van der Waals surface area contributed by atoms with Gasteiger partial charge in [-0.25, -0.2) is 13.6 Å². The number of likely N-dealkylation sites (tertiary alicyclic amines) is 1. The number of anilines is 1. The lowest BCUT2D eigenvalue weighted by Gasteiger charge is -2.50. The lowest BCUT2D eigenvalue weighted by molar-refractivity contribution is -0.135. The monoisotopic (exact) mass is 550 g/mol. The summed E-state index contributed by atoms with van der Waals surface area (Å²) in [5.41, 5.74) is -0.911. The molecule has 3 aliphatic rings. The number of alkyl halides is 1. The summed E-state index contributed by atoms with van der Waals surface area (Å²) in [6.07, 6.45) is 1.94. The second-order valence-corrected chi connectivity index (χ2v) is 11.8. The molecule has 2 N–H and O–H groups in total. The first-order valence-corrected chi connectivity index (χ1v) is 13.5. The van der Waals surface area contributed by atoms with Crippen LogP contribution in [0.5, 0.6) is 0 Å². The van der Waals surface area contributed by atoms with E-state index in [-0.39, 0.29) is 43.0 Å². The van der Waals surface area contributed by atoms with Crippen LogP contribution in [0.25, 0.3) is 10.9 Å². The number of nitrogens with zero attached hydrogens (tertiary/aromatic N) is 3. The Kier molecular flexibility index (Phi) is 6.40. The molecule has 4 heterocycles. The molecular weight excluding hydrogens is 518 g/mol. The molecule has 1 unspecified atom stereocenters. The Bertz CT molecular complexity index is 1490. The fourth-order valence-corrected chi connectivity index (χ4v) is 6.11. The van der Waals surface area contributed by atoms with Gasteiger partial charge in [-0.3, -0.25) is 24.9 Å². The summed E-state index contributed by atoms with van der Waals surface area (Å²) >= 11 is 0. The summed E-state index contributed by atoms with van der Waals surface area (Å²) in [5, 5.41) is 14.5. The summed E-state index contributed by atoms with van der Waals surface area (Å²) in [6.45, 7) is 5.90. The Balaban J connectivity index is 1.23. The van der Waals surface area contributed by atoms with Crippen LogP contribution < -0.4 is 10.2 Å². The Morgan fingerprint density at radius 1 is 1.10 bits per heavy atom. The SMILES string of the molecule is CC1(C)CN(Cc2ccc(C3(F)COC3)cc2)CCC1(O)c1ccc2ncc(N3CCC(=O)NC3=O)cc2c1F. The fraction of sp³-hybridized carbons (Fsp3) is 0.433. The van der Waals surface area contributed by atoms with E-state index in [1.54, 1.807) is 30.3 Å². The van der Waals surface area contributed by atoms with Gasteiger partial charge in [-0.2, -0.15) is 0 Å². The van der Waals surface area contributed by atoms with Crippen molar-refractivity contribution in [2.24, 2.45) is 5.41 Å². The Morgan fingerprint density at radius 2 is 1.85 bits per heavy atom. The molecule has 3 fully saturated rings. The van der Waals surface area contributed by atoms with Gasteiger partial charge in [0.2, 0.25) is 5.91 Å². The number of urea groups is 1. The molecule has 2 aromatic carbocycles. The van der Waals surface area contributed by atoms with Crippen molar-refractivity contribution in [3.63, 3.8) is 0 Å². The molecule has 0 aliphatic carbocycles. The number of amides is 3. The standard InChI is InChI=1S/C30H32F2N4O4/c1-28(2)16-35(15-19-3-5-20(6-4-19)29(32)17-40-18-29)12-10-30(28,39)23-7-8-24-22(26(23)31)13-21(14-33-24)36-11-9-25(37)34-27(36)38/h3-8,13-14,39H,9-12,15-18H2,1-2H3,(H,34,37,38). The molecule has 1 atom stereocenters. The maximum Gasteiger partial charge on any atom is 0.328 e. The number of fused-ring (bicyclic) bond motifs is 1. The van der Waals surface area contributed by atoms with Gasteiger partial charge in [0.1, 0.15) is 5.82 Å². The predicted molar refractivity (Wildman–Crippen MR) is 145 cm³/mol. The van der Waals surface area contributed by atoms with Gasteiger partial charge in [0.15, 0.2) is 5.67 Å².